The number of aromatic nitrogens is 1. The topological polar surface area (TPSA) is 53.4 Å². The Morgan fingerprint density at radius 1 is 1.47 bits per heavy atom. The lowest BCUT2D eigenvalue weighted by molar-refractivity contribution is 0.140. The zero-order valence-electron chi connectivity index (χ0n) is 9.17. The van der Waals surface area contributed by atoms with Crippen LogP contribution in [0.15, 0.2) is 24.3 Å². The van der Waals surface area contributed by atoms with Crippen LogP contribution in [0.2, 0.25) is 0 Å². The van der Waals surface area contributed by atoms with Crippen molar-refractivity contribution in [3.8, 4) is 0 Å². The first kappa shape index (κ1) is 10.5. The first-order valence-electron chi connectivity index (χ1n) is 5.61. The fourth-order valence-electron chi connectivity index (χ4n) is 2.28. The van der Waals surface area contributed by atoms with Crippen LogP contribution >= 0.6 is 11.3 Å². The number of para-hydroxylation sites is 1. The van der Waals surface area contributed by atoms with Crippen molar-refractivity contribution in [2.45, 2.75) is 18.9 Å². The van der Waals surface area contributed by atoms with E-state index >= 15 is 0 Å². The number of thiazole rings is 1. The lowest BCUT2D eigenvalue weighted by Crippen LogP contribution is -2.28. The summed E-state index contributed by atoms with van der Waals surface area (Å²) in [6, 6.07) is 7.87. The second-order valence-corrected chi connectivity index (χ2v) is 5.22. The van der Waals surface area contributed by atoms with Gasteiger partial charge in [0, 0.05) is 6.54 Å². The Bertz CT molecular complexity index is 533. The van der Waals surface area contributed by atoms with Crippen LogP contribution < -0.4 is 0 Å². The van der Waals surface area contributed by atoms with Crippen molar-refractivity contribution >= 4 is 27.6 Å². The second-order valence-electron chi connectivity index (χ2n) is 4.15. The summed E-state index contributed by atoms with van der Waals surface area (Å²) in [7, 11) is 0. The summed E-state index contributed by atoms with van der Waals surface area (Å²) in [6.07, 6.45) is 0.964. The molecule has 0 bridgehead atoms. The van der Waals surface area contributed by atoms with Crippen LogP contribution in [0.5, 0.6) is 0 Å². The quantitative estimate of drug-likeness (QED) is 0.843. The molecule has 1 unspecified atom stereocenters. The number of rotatable bonds is 1. The van der Waals surface area contributed by atoms with Crippen molar-refractivity contribution in [1.29, 1.82) is 0 Å². The third-order valence-corrected chi connectivity index (χ3v) is 4.23. The molecule has 0 aliphatic carbocycles. The summed E-state index contributed by atoms with van der Waals surface area (Å²) in [5.74, 6) is 0. The van der Waals surface area contributed by atoms with Crippen molar-refractivity contribution < 1.29 is 9.90 Å². The maximum absolute atomic E-state index is 11.1. The Hall–Kier alpha value is -1.62. The van der Waals surface area contributed by atoms with Gasteiger partial charge >= 0.3 is 6.09 Å². The van der Waals surface area contributed by atoms with Gasteiger partial charge in [0.05, 0.1) is 16.3 Å². The SMILES string of the molecule is O=C(O)N1CCCC1c1nc2ccccc2s1. The standard InChI is InChI=1S/C12H12N2O2S/c15-12(16)14-7-3-5-9(14)11-13-8-4-1-2-6-10(8)17-11/h1-2,4,6,9H,3,5,7H2,(H,15,16). The molecule has 1 N–H and O–H groups in total. The lowest BCUT2D eigenvalue weighted by Gasteiger charge is -2.18. The Labute approximate surface area is 103 Å². The number of likely N-dealkylation sites (tertiary alicyclic amines) is 1. The molecule has 1 aliphatic rings. The summed E-state index contributed by atoms with van der Waals surface area (Å²) < 4.78 is 1.12. The molecule has 1 amide bonds. The second kappa shape index (κ2) is 4.00. The number of carbonyl (C=O) groups is 1. The first-order chi connectivity index (χ1) is 8.25. The van der Waals surface area contributed by atoms with Gasteiger partial charge in [-0.25, -0.2) is 9.78 Å². The van der Waals surface area contributed by atoms with Crippen molar-refractivity contribution in [1.82, 2.24) is 9.88 Å². The summed E-state index contributed by atoms with van der Waals surface area (Å²) >= 11 is 1.60. The third kappa shape index (κ3) is 1.76. The molecule has 0 spiro atoms. The van der Waals surface area contributed by atoms with E-state index in [1.807, 2.05) is 24.3 Å². The molecular weight excluding hydrogens is 236 g/mol. The molecule has 1 atom stereocenters. The van der Waals surface area contributed by atoms with Crippen molar-refractivity contribution in [2.75, 3.05) is 6.54 Å². The highest BCUT2D eigenvalue weighted by Crippen LogP contribution is 2.36. The minimum Gasteiger partial charge on any atom is -0.465 e. The molecule has 1 saturated heterocycles. The molecule has 2 aromatic rings. The highest BCUT2D eigenvalue weighted by Gasteiger charge is 2.31. The Morgan fingerprint density at radius 3 is 3.06 bits per heavy atom. The summed E-state index contributed by atoms with van der Waals surface area (Å²) in [5.41, 5.74) is 0.963. The van der Waals surface area contributed by atoms with E-state index in [9.17, 15) is 4.79 Å². The van der Waals surface area contributed by atoms with Gasteiger partial charge in [-0.2, -0.15) is 0 Å². The molecule has 0 saturated carbocycles. The Balaban J connectivity index is 2.00. The van der Waals surface area contributed by atoms with Crippen molar-refractivity contribution in [2.24, 2.45) is 0 Å². The van der Waals surface area contributed by atoms with Gasteiger partial charge in [-0.15, -0.1) is 11.3 Å². The van der Waals surface area contributed by atoms with E-state index in [0.717, 1.165) is 28.1 Å². The Morgan fingerprint density at radius 2 is 2.29 bits per heavy atom. The summed E-state index contributed by atoms with van der Waals surface area (Å²) in [4.78, 5) is 17.1. The van der Waals surface area contributed by atoms with E-state index < -0.39 is 6.09 Å². The average molecular weight is 248 g/mol. The summed E-state index contributed by atoms with van der Waals surface area (Å²) in [5, 5.41) is 10.0. The predicted molar refractivity (Wildman–Crippen MR) is 66.3 cm³/mol. The zero-order chi connectivity index (χ0) is 11.8. The van der Waals surface area contributed by atoms with Crippen LogP contribution in [-0.4, -0.2) is 27.6 Å². The monoisotopic (exact) mass is 248 g/mol. The molecule has 3 rings (SSSR count). The number of hydrogen-bond donors (Lipinski definition) is 1. The fraction of sp³-hybridized carbons (Fsp3) is 0.333. The molecule has 5 heteroatoms. The number of hydrogen-bond acceptors (Lipinski definition) is 3. The summed E-state index contributed by atoms with van der Waals surface area (Å²) in [6.45, 7) is 0.621. The Kier molecular flexibility index (Phi) is 2.48. The number of fused-ring (bicyclic) bond motifs is 1. The molecule has 1 aromatic carbocycles. The van der Waals surface area contributed by atoms with E-state index in [1.54, 1.807) is 11.3 Å². The van der Waals surface area contributed by atoms with Crippen LogP contribution in [0.3, 0.4) is 0 Å². The number of nitrogens with zero attached hydrogens (tertiary/aromatic N) is 2. The van der Waals surface area contributed by atoms with E-state index in [2.05, 4.69) is 4.98 Å². The van der Waals surface area contributed by atoms with Gasteiger partial charge in [-0.1, -0.05) is 12.1 Å². The van der Waals surface area contributed by atoms with Gasteiger partial charge in [0.2, 0.25) is 0 Å². The molecule has 0 radical (unpaired) electrons. The van der Waals surface area contributed by atoms with E-state index in [0.29, 0.717) is 6.54 Å². The molecule has 1 aromatic heterocycles. The molecule has 2 heterocycles. The molecule has 1 fully saturated rings. The van der Waals surface area contributed by atoms with Gasteiger partial charge in [0.1, 0.15) is 5.01 Å². The number of benzene rings is 1. The molecule has 4 nitrogen and oxygen atoms in total. The molecule has 17 heavy (non-hydrogen) atoms. The van der Waals surface area contributed by atoms with E-state index in [-0.39, 0.29) is 6.04 Å². The number of carboxylic acid groups (broad SMARTS) is 1. The average Bonchev–Trinajstić information content (AvgIpc) is 2.95. The minimum absolute atomic E-state index is 0.0510. The largest absolute Gasteiger partial charge is 0.465 e. The van der Waals surface area contributed by atoms with E-state index in [4.69, 9.17) is 5.11 Å². The van der Waals surface area contributed by atoms with Crippen LogP contribution in [0.1, 0.15) is 23.9 Å². The van der Waals surface area contributed by atoms with E-state index in [1.165, 1.54) is 4.90 Å². The fourth-order valence-corrected chi connectivity index (χ4v) is 3.40. The zero-order valence-corrected chi connectivity index (χ0v) is 9.98. The lowest BCUT2D eigenvalue weighted by atomic mass is 10.2. The maximum Gasteiger partial charge on any atom is 0.407 e. The minimum atomic E-state index is -0.841. The van der Waals surface area contributed by atoms with Crippen LogP contribution in [-0.2, 0) is 0 Å². The molecular formula is C12H12N2O2S. The molecule has 88 valence electrons. The smallest absolute Gasteiger partial charge is 0.407 e. The van der Waals surface area contributed by atoms with Crippen LogP contribution in [0.25, 0.3) is 10.2 Å². The van der Waals surface area contributed by atoms with Gasteiger partial charge in [0.25, 0.3) is 0 Å². The third-order valence-electron chi connectivity index (χ3n) is 3.09. The van der Waals surface area contributed by atoms with Crippen molar-refractivity contribution in [3.05, 3.63) is 29.3 Å². The highest BCUT2D eigenvalue weighted by atomic mass is 32.1. The van der Waals surface area contributed by atoms with Gasteiger partial charge in [0.15, 0.2) is 0 Å². The number of amides is 1. The maximum atomic E-state index is 11.1. The van der Waals surface area contributed by atoms with Gasteiger partial charge in [-0.05, 0) is 25.0 Å². The predicted octanol–water partition coefficient (Wildman–Crippen LogP) is 3.11. The van der Waals surface area contributed by atoms with Gasteiger partial charge in [-0.3, -0.25) is 4.90 Å². The van der Waals surface area contributed by atoms with Crippen LogP contribution in [0, 0.1) is 0 Å². The van der Waals surface area contributed by atoms with Crippen molar-refractivity contribution in [3.63, 3.8) is 0 Å². The van der Waals surface area contributed by atoms with Gasteiger partial charge < -0.3 is 5.11 Å². The highest BCUT2D eigenvalue weighted by molar-refractivity contribution is 7.18. The molecule has 1 aliphatic heterocycles. The first-order valence-corrected chi connectivity index (χ1v) is 6.42. The van der Waals surface area contributed by atoms with Crippen LogP contribution in [0.4, 0.5) is 4.79 Å². The normalized spacial score (nSPS) is 20.0.